The van der Waals surface area contributed by atoms with E-state index in [0.717, 1.165) is 18.4 Å². The minimum atomic E-state index is -3.93. The van der Waals surface area contributed by atoms with Crippen molar-refractivity contribution >= 4 is 15.7 Å². The average molecular weight is 335 g/mol. The molecule has 0 atom stereocenters. The van der Waals surface area contributed by atoms with Crippen LogP contribution in [0.4, 0.5) is 0 Å². The smallest absolute Gasteiger partial charge is 0.336 e. The van der Waals surface area contributed by atoms with Crippen molar-refractivity contribution in [3.8, 4) is 11.5 Å². The molecule has 1 fully saturated rings. The Morgan fingerprint density at radius 1 is 1.26 bits per heavy atom. The zero-order valence-corrected chi connectivity index (χ0v) is 13.5. The minimum Gasteiger partial charge on any atom is -0.408 e. The zero-order chi connectivity index (χ0) is 16.4. The van der Waals surface area contributed by atoms with Crippen molar-refractivity contribution in [2.45, 2.75) is 25.0 Å². The highest BCUT2D eigenvalue weighted by molar-refractivity contribution is 7.91. The van der Waals surface area contributed by atoms with Crippen LogP contribution >= 0.6 is 0 Å². The van der Waals surface area contributed by atoms with Gasteiger partial charge in [0, 0.05) is 18.7 Å². The van der Waals surface area contributed by atoms with Gasteiger partial charge in [-0.25, -0.2) is 8.42 Å². The Kier molecular flexibility index (Phi) is 4.16. The summed E-state index contributed by atoms with van der Waals surface area (Å²) >= 11 is 0. The first-order chi connectivity index (χ1) is 11.0. The third kappa shape index (κ3) is 3.42. The van der Waals surface area contributed by atoms with E-state index in [4.69, 9.17) is 4.42 Å². The maximum absolute atomic E-state index is 12.3. The Labute approximate surface area is 134 Å². The largest absolute Gasteiger partial charge is 0.408 e. The Bertz CT molecular complexity index is 823. The molecule has 1 aliphatic heterocycles. The summed E-state index contributed by atoms with van der Waals surface area (Å²) in [5.41, 5.74) is 1.64. The number of benzene rings is 1. The Morgan fingerprint density at radius 3 is 2.70 bits per heavy atom. The Balaban J connectivity index is 1.79. The first-order valence-electron chi connectivity index (χ1n) is 7.37. The number of hydrogen-bond donors (Lipinski definition) is 0. The highest BCUT2D eigenvalue weighted by atomic mass is 32.2. The molecule has 1 aromatic carbocycles. The molecular weight excluding hydrogens is 318 g/mol. The first kappa shape index (κ1) is 15.7. The van der Waals surface area contributed by atoms with Gasteiger partial charge in [-0.2, -0.15) is 0 Å². The molecule has 0 bridgehead atoms. The van der Waals surface area contributed by atoms with Crippen molar-refractivity contribution in [3.63, 3.8) is 0 Å². The SMILES string of the molecule is Cc1cccc(-c2nnc(S(=O)(=O)CC(=O)N3CCCC3)o2)c1. The fourth-order valence-corrected chi connectivity index (χ4v) is 3.51. The van der Waals surface area contributed by atoms with Crippen molar-refractivity contribution < 1.29 is 17.6 Å². The summed E-state index contributed by atoms with van der Waals surface area (Å²) in [7, 11) is -3.93. The molecule has 0 saturated carbocycles. The van der Waals surface area contributed by atoms with Crippen LogP contribution in [0.3, 0.4) is 0 Å². The molecule has 1 aliphatic rings. The van der Waals surface area contributed by atoms with Crippen LogP contribution in [-0.2, 0) is 14.6 Å². The van der Waals surface area contributed by atoms with Crippen LogP contribution in [0.25, 0.3) is 11.5 Å². The molecular formula is C15H17N3O4S. The molecule has 0 aliphatic carbocycles. The van der Waals surface area contributed by atoms with Gasteiger partial charge in [0.1, 0.15) is 5.75 Å². The molecule has 2 aromatic rings. The second-order valence-corrected chi connectivity index (χ2v) is 7.46. The molecule has 1 aromatic heterocycles. The van der Waals surface area contributed by atoms with E-state index in [-0.39, 0.29) is 5.89 Å². The van der Waals surface area contributed by atoms with E-state index < -0.39 is 26.7 Å². The number of aromatic nitrogens is 2. The van der Waals surface area contributed by atoms with Gasteiger partial charge in [0.25, 0.3) is 0 Å². The summed E-state index contributed by atoms with van der Waals surface area (Å²) in [6.07, 6.45) is 1.81. The summed E-state index contributed by atoms with van der Waals surface area (Å²) in [6.45, 7) is 3.12. The molecule has 2 heterocycles. The number of carbonyl (C=O) groups is 1. The number of aryl methyl sites for hydroxylation is 1. The highest BCUT2D eigenvalue weighted by Gasteiger charge is 2.29. The van der Waals surface area contributed by atoms with Gasteiger partial charge in [-0.3, -0.25) is 4.79 Å². The number of nitrogens with zero attached hydrogens (tertiary/aromatic N) is 3. The second-order valence-electron chi connectivity index (χ2n) is 5.59. The third-order valence-electron chi connectivity index (χ3n) is 3.71. The summed E-state index contributed by atoms with van der Waals surface area (Å²) in [6, 6.07) is 7.30. The Morgan fingerprint density at radius 2 is 2.00 bits per heavy atom. The van der Waals surface area contributed by atoms with Gasteiger partial charge in [-0.05, 0) is 31.9 Å². The lowest BCUT2D eigenvalue weighted by Gasteiger charge is -2.13. The predicted octanol–water partition coefficient (Wildman–Crippen LogP) is 1.44. The quantitative estimate of drug-likeness (QED) is 0.839. The van der Waals surface area contributed by atoms with Gasteiger partial charge >= 0.3 is 5.22 Å². The van der Waals surface area contributed by atoms with E-state index in [1.165, 1.54) is 0 Å². The highest BCUT2D eigenvalue weighted by Crippen LogP contribution is 2.21. The average Bonchev–Trinajstić information content (AvgIpc) is 3.19. The number of hydrogen-bond acceptors (Lipinski definition) is 6. The van der Waals surface area contributed by atoms with E-state index in [1.54, 1.807) is 11.0 Å². The third-order valence-corrected chi connectivity index (χ3v) is 5.03. The lowest BCUT2D eigenvalue weighted by atomic mass is 10.1. The topological polar surface area (TPSA) is 93.4 Å². The van der Waals surface area contributed by atoms with Crippen molar-refractivity contribution in [1.82, 2.24) is 15.1 Å². The number of sulfone groups is 1. The Hall–Kier alpha value is -2.22. The second kappa shape index (κ2) is 6.11. The van der Waals surface area contributed by atoms with Crippen LogP contribution in [0, 0.1) is 6.92 Å². The standard InChI is InChI=1S/C15H17N3O4S/c1-11-5-4-6-12(9-11)14-16-17-15(22-14)23(20,21)10-13(19)18-7-2-3-8-18/h4-6,9H,2-3,7-8,10H2,1H3. The number of amides is 1. The van der Waals surface area contributed by atoms with Gasteiger partial charge < -0.3 is 9.32 Å². The van der Waals surface area contributed by atoms with Crippen LogP contribution < -0.4 is 0 Å². The van der Waals surface area contributed by atoms with Crippen molar-refractivity contribution in [2.75, 3.05) is 18.8 Å². The van der Waals surface area contributed by atoms with Crippen molar-refractivity contribution in [3.05, 3.63) is 29.8 Å². The molecule has 1 saturated heterocycles. The monoisotopic (exact) mass is 335 g/mol. The molecule has 3 rings (SSSR count). The summed E-state index contributed by atoms with van der Waals surface area (Å²) in [5, 5.41) is 6.86. The van der Waals surface area contributed by atoms with Gasteiger partial charge in [-0.1, -0.05) is 22.8 Å². The molecule has 7 nitrogen and oxygen atoms in total. The molecule has 122 valence electrons. The number of likely N-dealkylation sites (tertiary alicyclic amines) is 1. The first-order valence-corrected chi connectivity index (χ1v) is 9.02. The molecule has 1 amide bonds. The zero-order valence-electron chi connectivity index (χ0n) is 12.7. The molecule has 0 spiro atoms. The van der Waals surface area contributed by atoms with Gasteiger partial charge in [0.2, 0.25) is 21.6 Å². The van der Waals surface area contributed by atoms with Crippen LogP contribution in [-0.4, -0.2) is 48.3 Å². The van der Waals surface area contributed by atoms with Gasteiger partial charge in [0.05, 0.1) is 0 Å². The lowest BCUT2D eigenvalue weighted by molar-refractivity contribution is -0.127. The molecule has 0 radical (unpaired) electrons. The lowest BCUT2D eigenvalue weighted by Crippen LogP contribution is -2.33. The molecule has 0 N–H and O–H groups in total. The van der Waals surface area contributed by atoms with Crippen LogP contribution in [0.1, 0.15) is 18.4 Å². The van der Waals surface area contributed by atoms with Crippen LogP contribution in [0.2, 0.25) is 0 Å². The van der Waals surface area contributed by atoms with Crippen LogP contribution in [0.15, 0.2) is 33.9 Å². The van der Waals surface area contributed by atoms with E-state index in [0.29, 0.717) is 18.7 Å². The van der Waals surface area contributed by atoms with Gasteiger partial charge in [-0.15, -0.1) is 5.10 Å². The van der Waals surface area contributed by atoms with E-state index in [1.807, 2.05) is 25.1 Å². The molecule has 0 unspecified atom stereocenters. The van der Waals surface area contributed by atoms with E-state index in [9.17, 15) is 13.2 Å². The summed E-state index contributed by atoms with van der Waals surface area (Å²) in [4.78, 5) is 13.6. The van der Waals surface area contributed by atoms with Crippen LogP contribution in [0.5, 0.6) is 0 Å². The maximum atomic E-state index is 12.3. The minimum absolute atomic E-state index is 0.126. The number of carbonyl (C=O) groups excluding carboxylic acids is 1. The normalized spacial score (nSPS) is 15.1. The van der Waals surface area contributed by atoms with Crippen molar-refractivity contribution in [2.24, 2.45) is 0 Å². The fraction of sp³-hybridized carbons (Fsp3) is 0.400. The summed E-state index contributed by atoms with van der Waals surface area (Å²) < 4.78 is 29.8. The van der Waals surface area contributed by atoms with Crippen molar-refractivity contribution in [1.29, 1.82) is 0 Å². The summed E-state index contributed by atoms with van der Waals surface area (Å²) in [5.74, 6) is -0.929. The van der Waals surface area contributed by atoms with E-state index >= 15 is 0 Å². The predicted molar refractivity (Wildman–Crippen MR) is 82.3 cm³/mol. The maximum Gasteiger partial charge on any atom is 0.336 e. The fourth-order valence-electron chi connectivity index (χ4n) is 2.51. The molecule has 8 heteroatoms. The number of rotatable bonds is 4. The van der Waals surface area contributed by atoms with E-state index in [2.05, 4.69) is 10.2 Å². The van der Waals surface area contributed by atoms with Gasteiger partial charge in [0.15, 0.2) is 0 Å². The molecule has 23 heavy (non-hydrogen) atoms.